The first-order valence-electron chi connectivity index (χ1n) is 11.6. The molecule has 1 amide bonds. The molecule has 1 aromatic heterocycles. The van der Waals surface area contributed by atoms with Gasteiger partial charge in [-0.15, -0.1) is 5.10 Å². The van der Waals surface area contributed by atoms with Crippen LogP contribution >= 0.6 is 0 Å². The highest BCUT2D eigenvalue weighted by Crippen LogP contribution is 2.43. The van der Waals surface area contributed by atoms with Gasteiger partial charge in [-0.05, 0) is 73.8 Å². The smallest absolute Gasteiger partial charge is 0.258 e. The number of hydrogen-bond acceptors (Lipinski definition) is 5. The highest BCUT2D eigenvalue weighted by molar-refractivity contribution is 6.05. The first-order chi connectivity index (χ1) is 15.7. The van der Waals surface area contributed by atoms with Crippen LogP contribution in [0.1, 0.15) is 86.6 Å². The summed E-state index contributed by atoms with van der Waals surface area (Å²) in [6.45, 7) is 9.73. The third kappa shape index (κ3) is 6.22. The maximum absolute atomic E-state index is 12.3. The Morgan fingerprint density at radius 1 is 1.21 bits per heavy atom. The van der Waals surface area contributed by atoms with Gasteiger partial charge in [0.15, 0.2) is 0 Å². The summed E-state index contributed by atoms with van der Waals surface area (Å²) in [5.41, 5.74) is 6.46. The number of nitrogens with one attached hydrogen (secondary N) is 2. The molecule has 6 N–H and O–H groups in total. The third-order valence-electron chi connectivity index (χ3n) is 6.58. The van der Waals surface area contributed by atoms with Gasteiger partial charge in [-0.1, -0.05) is 39.0 Å². The summed E-state index contributed by atoms with van der Waals surface area (Å²) in [5, 5.41) is 10.7. The van der Waals surface area contributed by atoms with E-state index in [1.165, 1.54) is 31.4 Å². The van der Waals surface area contributed by atoms with Crippen molar-refractivity contribution in [1.82, 2.24) is 20.5 Å². The molecule has 0 bridgehead atoms. The van der Waals surface area contributed by atoms with Gasteiger partial charge in [0.2, 0.25) is 5.96 Å². The number of rotatable bonds is 5. The number of carbonyl (C=O) groups excluding carboxylic acids is 1. The van der Waals surface area contributed by atoms with Crippen LogP contribution in [0.15, 0.2) is 41.5 Å². The van der Waals surface area contributed by atoms with E-state index in [2.05, 4.69) is 53.4 Å². The van der Waals surface area contributed by atoms with Gasteiger partial charge in [-0.3, -0.25) is 20.2 Å². The van der Waals surface area contributed by atoms with E-state index >= 15 is 0 Å². The Kier molecular flexibility index (Phi) is 7.92. The van der Waals surface area contributed by atoms with E-state index in [-0.39, 0.29) is 11.9 Å². The van der Waals surface area contributed by atoms with Crippen molar-refractivity contribution >= 4 is 17.9 Å². The molecule has 3 rings (SSSR count). The maximum Gasteiger partial charge on any atom is 0.258 e. The van der Waals surface area contributed by atoms with Crippen LogP contribution in [0, 0.1) is 11.3 Å². The molecule has 0 radical (unpaired) electrons. The van der Waals surface area contributed by atoms with Gasteiger partial charge >= 0.3 is 0 Å². The molecule has 2 aromatic rings. The van der Waals surface area contributed by atoms with Gasteiger partial charge in [0.1, 0.15) is 0 Å². The molecule has 0 spiro atoms. The number of hydrazine groups is 1. The molecule has 1 aromatic carbocycles. The average Bonchev–Trinajstić information content (AvgIpc) is 3.19. The third-order valence-corrected chi connectivity index (χ3v) is 6.58. The summed E-state index contributed by atoms with van der Waals surface area (Å²) in [4.78, 5) is 12.3. The molecule has 1 aliphatic rings. The predicted octanol–water partition coefficient (Wildman–Crippen LogP) is 3.71. The van der Waals surface area contributed by atoms with E-state index in [9.17, 15) is 4.79 Å². The summed E-state index contributed by atoms with van der Waals surface area (Å²) >= 11 is 0. The largest absolute Gasteiger partial charge is 0.320 e. The van der Waals surface area contributed by atoms with Crippen molar-refractivity contribution in [2.45, 2.75) is 65.8 Å². The lowest BCUT2D eigenvalue weighted by Gasteiger charge is -2.37. The lowest BCUT2D eigenvalue weighted by molar-refractivity contribution is 0.0975. The van der Waals surface area contributed by atoms with Crippen molar-refractivity contribution in [3.8, 4) is 0 Å². The van der Waals surface area contributed by atoms with Gasteiger partial charge in [-0.2, -0.15) is 5.10 Å². The van der Waals surface area contributed by atoms with Gasteiger partial charge < -0.3 is 5.84 Å². The SMILES string of the molecule is C/C=C/c1cc(C2CCC(C(C)(C)C)CC2)n(Cc2ccc(C(=O)N/C(=N/N)NN)cc2)n1. The second kappa shape index (κ2) is 10.7. The summed E-state index contributed by atoms with van der Waals surface area (Å²) < 4.78 is 2.13. The zero-order valence-corrected chi connectivity index (χ0v) is 20.1. The van der Waals surface area contributed by atoms with Crippen LogP contribution in [0.4, 0.5) is 0 Å². The number of amides is 1. The number of nitrogens with zero attached hydrogens (tertiary/aromatic N) is 3. The molecule has 178 valence electrons. The van der Waals surface area contributed by atoms with E-state index in [4.69, 9.17) is 16.8 Å². The summed E-state index contributed by atoms with van der Waals surface area (Å²) in [7, 11) is 0. The molecule has 1 heterocycles. The van der Waals surface area contributed by atoms with Crippen LogP contribution in [0.5, 0.6) is 0 Å². The first kappa shape index (κ1) is 24.5. The Labute approximate surface area is 196 Å². The Hall–Kier alpha value is -3.13. The molecule has 1 saturated carbocycles. The van der Waals surface area contributed by atoms with Crippen LogP contribution in [-0.2, 0) is 6.54 Å². The first-order valence-corrected chi connectivity index (χ1v) is 11.6. The zero-order valence-electron chi connectivity index (χ0n) is 20.1. The summed E-state index contributed by atoms with van der Waals surface area (Å²) in [6, 6.07) is 9.68. The number of hydrogen-bond donors (Lipinski definition) is 4. The lowest BCUT2D eigenvalue weighted by atomic mass is 9.69. The van der Waals surface area contributed by atoms with Crippen LogP contribution in [0.25, 0.3) is 6.08 Å². The van der Waals surface area contributed by atoms with Crippen molar-refractivity contribution < 1.29 is 4.79 Å². The molecular formula is C25H37N7O. The molecule has 8 heteroatoms. The van der Waals surface area contributed by atoms with Gasteiger partial charge in [0.05, 0.1) is 12.2 Å². The molecule has 1 aliphatic carbocycles. The minimum absolute atomic E-state index is 0.00273. The quantitative estimate of drug-likeness (QED) is 0.239. The molecule has 0 atom stereocenters. The Morgan fingerprint density at radius 2 is 1.88 bits per heavy atom. The standard InChI is InChI=1S/C25H37N7O/c1-5-6-21-15-22(18-11-13-20(14-12-18)25(2,3)4)32(31-21)16-17-7-9-19(10-8-17)23(33)28-24(29-26)30-27/h5-10,15,18,20H,11-14,16,26-27H2,1-4H3,(H2,28,29,30,33)/b6-5+. The van der Waals surface area contributed by atoms with Gasteiger partial charge in [0, 0.05) is 17.2 Å². The number of allylic oxidation sites excluding steroid dienone is 1. The molecule has 8 nitrogen and oxygen atoms in total. The predicted molar refractivity (Wildman–Crippen MR) is 133 cm³/mol. The summed E-state index contributed by atoms with van der Waals surface area (Å²) in [6.07, 6.45) is 8.98. The average molecular weight is 452 g/mol. The second-order valence-corrected chi connectivity index (χ2v) is 9.84. The maximum atomic E-state index is 12.3. The lowest BCUT2D eigenvalue weighted by Crippen LogP contribution is -2.45. The number of guanidine groups is 1. The second-order valence-electron chi connectivity index (χ2n) is 9.84. The molecule has 0 saturated heterocycles. The normalized spacial score (nSPS) is 19.6. The fraction of sp³-hybridized carbons (Fsp3) is 0.480. The minimum Gasteiger partial charge on any atom is -0.320 e. The molecule has 33 heavy (non-hydrogen) atoms. The molecule has 0 unspecified atom stereocenters. The van der Waals surface area contributed by atoms with E-state index in [1.54, 1.807) is 12.1 Å². The monoisotopic (exact) mass is 451 g/mol. The van der Waals surface area contributed by atoms with Crippen molar-refractivity contribution in [2.75, 3.05) is 0 Å². The van der Waals surface area contributed by atoms with E-state index in [1.807, 2.05) is 25.1 Å². The van der Waals surface area contributed by atoms with E-state index < -0.39 is 0 Å². The van der Waals surface area contributed by atoms with Crippen molar-refractivity contribution in [2.24, 2.45) is 28.1 Å². The fourth-order valence-corrected chi connectivity index (χ4v) is 4.63. The Morgan fingerprint density at radius 3 is 2.42 bits per heavy atom. The van der Waals surface area contributed by atoms with Crippen molar-refractivity contribution in [1.29, 1.82) is 0 Å². The van der Waals surface area contributed by atoms with Crippen molar-refractivity contribution in [3.05, 3.63) is 58.9 Å². The van der Waals surface area contributed by atoms with Crippen LogP contribution in [-0.4, -0.2) is 21.6 Å². The van der Waals surface area contributed by atoms with Crippen LogP contribution in [0.2, 0.25) is 0 Å². The molecular weight excluding hydrogens is 414 g/mol. The zero-order chi connectivity index (χ0) is 24.0. The van der Waals surface area contributed by atoms with Crippen LogP contribution in [0.3, 0.4) is 0 Å². The number of carbonyl (C=O) groups is 1. The Bertz CT molecular complexity index is 991. The van der Waals surface area contributed by atoms with Crippen molar-refractivity contribution in [3.63, 3.8) is 0 Å². The Balaban J connectivity index is 1.75. The van der Waals surface area contributed by atoms with Crippen LogP contribution < -0.4 is 22.4 Å². The number of benzene rings is 1. The topological polar surface area (TPSA) is 123 Å². The molecule has 1 fully saturated rings. The van der Waals surface area contributed by atoms with E-state index in [0.717, 1.165) is 17.2 Å². The summed E-state index contributed by atoms with van der Waals surface area (Å²) in [5.74, 6) is 11.4. The number of nitrogens with two attached hydrogens (primary N) is 2. The fourth-order valence-electron chi connectivity index (χ4n) is 4.63. The number of hydrazone groups is 1. The van der Waals surface area contributed by atoms with E-state index in [0.29, 0.717) is 23.4 Å². The minimum atomic E-state index is -0.338. The van der Waals surface area contributed by atoms with Gasteiger partial charge in [0.25, 0.3) is 5.91 Å². The highest BCUT2D eigenvalue weighted by atomic mass is 16.1. The number of aromatic nitrogens is 2. The van der Waals surface area contributed by atoms with Gasteiger partial charge in [-0.25, -0.2) is 5.84 Å². The molecule has 0 aliphatic heterocycles. The highest BCUT2D eigenvalue weighted by Gasteiger charge is 2.31.